The van der Waals surface area contributed by atoms with Crippen LogP contribution in [0.2, 0.25) is 0 Å². The topological polar surface area (TPSA) is 54.3 Å². The Kier molecular flexibility index (Phi) is 6.85. The summed E-state index contributed by atoms with van der Waals surface area (Å²) in [7, 11) is 0. The minimum Gasteiger partial charge on any atom is -0.344 e. The Morgan fingerprint density at radius 1 is 1.03 bits per heavy atom. The second-order valence-electron chi connectivity index (χ2n) is 7.02. The number of aromatic nitrogens is 1. The summed E-state index contributed by atoms with van der Waals surface area (Å²) in [5, 5.41) is 5.29. The third-order valence-corrected chi connectivity index (χ3v) is 6.31. The van der Waals surface area contributed by atoms with E-state index >= 15 is 0 Å². The number of para-hydroxylation sites is 1. The summed E-state index contributed by atoms with van der Waals surface area (Å²) < 4.78 is 2.32. The van der Waals surface area contributed by atoms with E-state index in [9.17, 15) is 9.59 Å². The molecule has 0 aliphatic carbocycles. The summed E-state index contributed by atoms with van der Waals surface area (Å²) in [5.41, 5.74) is 2.45. The van der Waals surface area contributed by atoms with Crippen LogP contribution in [0, 0.1) is 0 Å². The highest BCUT2D eigenvalue weighted by Crippen LogP contribution is 2.32. The zero-order valence-electron chi connectivity index (χ0n) is 17.6. The minimum absolute atomic E-state index is 0.0265. The maximum absolute atomic E-state index is 12.8. The number of thioether (sulfide) groups is 1. The standard InChI is InChI=1S/C23H29N3O2S/c1-5-25(6-2)23(28)20(24-16(4)27)15-29-17-12-13-22-19(14-17)18-10-8-9-11-21(18)26(22)7-3/h8-14,20H,5-7,15H2,1-4H3,(H,24,27). The molecule has 0 aliphatic heterocycles. The number of nitrogens with one attached hydrogen (secondary N) is 1. The van der Waals surface area contributed by atoms with Crippen LogP contribution >= 0.6 is 11.8 Å². The van der Waals surface area contributed by atoms with Crippen LogP contribution in [0.4, 0.5) is 0 Å². The Morgan fingerprint density at radius 3 is 2.38 bits per heavy atom. The Hall–Kier alpha value is -2.47. The Labute approximate surface area is 176 Å². The quantitative estimate of drug-likeness (QED) is 0.563. The number of hydrogen-bond acceptors (Lipinski definition) is 3. The molecule has 0 radical (unpaired) electrons. The van der Waals surface area contributed by atoms with Crippen molar-refractivity contribution < 1.29 is 9.59 Å². The molecular weight excluding hydrogens is 382 g/mol. The van der Waals surface area contributed by atoms with Gasteiger partial charge in [-0.15, -0.1) is 11.8 Å². The summed E-state index contributed by atoms with van der Waals surface area (Å²) in [6.07, 6.45) is 0. The fourth-order valence-corrected chi connectivity index (χ4v) is 4.77. The van der Waals surface area contributed by atoms with Crippen LogP contribution in [0.15, 0.2) is 47.4 Å². The number of nitrogens with zero attached hydrogens (tertiary/aromatic N) is 2. The van der Waals surface area contributed by atoms with Crippen LogP contribution in [0.5, 0.6) is 0 Å². The molecule has 29 heavy (non-hydrogen) atoms. The van der Waals surface area contributed by atoms with E-state index in [1.807, 2.05) is 13.8 Å². The van der Waals surface area contributed by atoms with Crippen molar-refractivity contribution in [3.05, 3.63) is 42.5 Å². The predicted molar refractivity (Wildman–Crippen MR) is 121 cm³/mol. The Bertz CT molecular complexity index is 1020. The molecule has 154 valence electrons. The smallest absolute Gasteiger partial charge is 0.245 e. The normalized spacial score (nSPS) is 12.3. The monoisotopic (exact) mass is 411 g/mol. The molecule has 2 amide bonds. The van der Waals surface area contributed by atoms with E-state index in [-0.39, 0.29) is 11.8 Å². The molecule has 1 heterocycles. The van der Waals surface area contributed by atoms with Crippen molar-refractivity contribution in [1.29, 1.82) is 0 Å². The maximum atomic E-state index is 12.8. The highest BCUT2D eigenvalue weighted by atomic mass is 32.2. The van der Waals surface area contributed by atoms with Gasteiger partial charge in [-0.3, -0.25) is 9.59 Å². The van der Waals surface area contributed by atoms with Gasteiger partial charge < -0.3 is 14.8 Å². The van der Waals surface area contributed by atoms with Crippen LogP contribution in [0.3, 0.4) is 0 Å². The molecule has 0 saturated heterocycles. The summed E-state index contributed by atoms with van der Waals surface area (Å²) in [4.78, 5) is 27.3. The van der Waals surface area contributed by atoms with Crippen LogP contribution in [0.1, 0.15) is 27.7 Å². The fraction of sp³-hybridized carbons (Fsp3) is 0.391. The molecule has 1 atom stereocenters. The van der Waals surface area contributed by atoms with Gasteiger partial charge >= 0.3 is 0 Å². The lowest BCUT2D eigenvalue weighted by Gasteiger charge is -2.25. The first-order valence-electron chi connectivity index (χ1n) is 10.2. The molecule has 0 aliphatic rings. The first-order chi connectivity index (χ1) is 14.0. The average Bonchev–Trinajstić information content (AvgIpc) is 3.04. The van der Waals surface area contributed by atoms with Crippen molar-refractivity contribution in [3.63, 3.8) is 0 Å². The van der Waals surface area contributed by atoms with Gasteiger partial charge in [0.25, 0.3) is 0 Å². The van der Waals surface area contributed by atoms with E-state index < -0.39 is 6.04 Å². The molecule has 0 bridgehead atoms. The Morgan fingerprint density at radius 2 is 1.72 bits per heavy atom. The summed E-state index contributed by atoms with van der Waals surface area (Å²) >= 11 is 1.61. The highest BCUT2D eigenvalue weighted by Gasteiger charge is 2.23. The third-order valence-electron chi connectivity index (χ3n) is 5.23. The SMILES string of the molecule is CCN(CC)C(=O)C(CSc1ccc2c(c1)c1ccccc1n2CC)NC(C)=O. The number of fused-ring (bicyclic) bond motifs is 3. The molecule has 6 heteroatoms. The summed E-state index contributed by atoms with van der Waals surface area (Å²) in [6.45, 7) is 9.72. The maximum Gasteiger partial charge on any atom is 0.245 e. The summed E-state index contributed by atoms with van der Waals surface area (Å²) in [5.74, 6) is 0.297. The predicted octanol–water partition coefficient (Wildman–Crippen LogP) is 4.28. The molecule has 1 unspecified atom stereocenters. The number of hydrogen-bond donors (Lipinski definition) is 1. The fourth-order valence-electron chi connectivity index (χ4n) is 3.82. The third kappa shape index (κ3) is 4.42. The lowest BCUT2D eigenvalue weighted by Crippen LogP contribution is -2.49. The molecule has 1 N–H and O–H groups in total. The molecule has 0 spiro atoms. The van der Waals surface area contributed by atoms with Gasteiger partial charge in [-0.1, -0.05) is 18.2 Å². The second-order valence-corrected chi connectivity index (χ2v) is 8.11. The van der Waals surface area contributed by atoms with E-state index in [1.54, 1.807) is 16.7 Å². The van der Waals surface area contributed by atoms with Crippen molar-refractivity contribution in [1.82, 2.24) is 14.8 Å². The molecule has 0 saturated carbocycles. The van der Waals surface area contributed by atoms with Gasteiger partial charge in [0.1, 0.15) is 6.04 Å². The van der Waals surface area contributed by atoms with Gasteiger partial charge in [-0.05, 0) is 45.0 Å². The van der Waals surface area contributed by atoms with Gasteiger partial charge in [0, 0.05) is 59.0 Å². The number of likely N-dealkylation sites (N-methyl/N-ethyl adjacent to an activating group) is 1. The zero-order chi connectivity index (χ0) is 21.0. The number of aryl methyl sites for hydroxylation is 1. The van der Waals surface area contributed by atoms with Gasteiger partial charge in [-0.25, -0.2) is 0 Å². The van der Waals surface area contributed by atoms with Crippen molar-refractivity contribution in [2.75, 3.05) is 18.8 Å². The van der Waals surface area contributed by atoms with E-state index in [4.69, 9.17) is 0 Å². The minimum atomic E-state index is -0.523. The van der Waals surface area contributed by atoms with Gasteiger partial charge in [-0.2, -0.15) is 0 Å². The Balaban J connectivity index is 1.87. The number of carbonyl (C=O) groups excluding carboxylic acids is 2. The van der Waals surface area contributed by atoms with Crippen molar-refractivity contribution in [2.45, 2.75) is 45.2 Å². The number of benzene rings is 2. The number of amides is 2. The molecular formula is C23H29N3O2S. The molecule has 1 aromatic heterocycles. The zero-order valence-corrected chi connectivity index (χ0v) is 18.4. The van der Waals surface area contributed by atoms with Gasteiger partial charge in [0.15, 0.2) is 0 Å². The van der Waals surface area contributed by atoms with E-state index in [2.05, 4.69) is 59.3 Å². The van der Waals surface area contributed by atoms with Gasteiger partial charge in [0.05, 0.1) is 0 Å². The van der Waals surface area contributed by atoms with Crippen molar-refractivity contribution >= 4 is 45.4 Å². The van der Waals surface area contributed by atoms with Crippen molar-refractivity contribution in [2.24, 2.45) is 0 Å². The summed E-state index contributed by atoms with van der Waals surface area (Å²) in [6, 6.07) is 14.4. The first kappa shape index (κ1) is 21.2. The van der Waals surface area contributed by atoms with Crippen LogP contribution in [0.25, 0.3) is 21.8 Å². The lowest BCUT2D eigenvalue weighted by molar-refractivity contribution is -0.135. The molecule has 0 fully saturated rings. The lowest BCUT2D eigenvalue weighted by atomic mass is 10.1. The first-order valence-corrected chi connectivity index (χ1v) is 11.2. The van der Waals surface area contributed by atoms with Crippen LogP contribution < -0.4 is 5.32 Å². The highest BCUT2D eigenvalue weighted by molar-refractivity contribution is 7.99. The van der Waals surface area contributed by atoms with Crippen molar-refractivity contribution in [3.8, 4) is 0 Å². The largest absolute Gasteiger partial charge is 0.344 e. The molecule has 3 rings (SSSR count). The number of rotatable bonds is 8. The number of carbonyl (C=O) groups is 2. The molecule has 5 nitrogen and oxygen atoms in total. The van der Waals surface area contributed by atoms with Gasteiger partial charge in [0.2, 0.25) is 11.8 Å². The second kappa shape index (κ2) is 9.35. The van der Waals surface area contributed by atoms with Crippen LogP contribution in [-0.4, -0.2) is 46.2 Å². The van der Waals surface area contributed by atoms with Crippen LogP contribution in [-0.2, 0) is 16.1 Å². The van der Waals surface area contributed by atoms with E-state index in [1.165, 1.54) is 28.7 Å². The molecule has 2 aromatic carbocycles. The average molecular weight is 412 g/mol. The molecule has 3 aromatic rings. The van der Waals surface area contributed by atoms with E-state index in [0.717, 1.165) is 11.4 Å². The van der Waals surface area contributed by atoms with E-state index in [0.29, 0.717) is 18.8 Å².